The minimum absolute atomic E-state index is 0.114. The molecule has 5 rings (SSSR count). The van der Waals surface area contributed by atoms with Crippen molar-refractivity contribution in [1.29, 1.82) is 0 Å². The van der Waals surface area contributed by atoms with Gasteiger partial charge in [-0.2, -0.15) is 0 Å². The number of aryl methyl sites for hydroxylation is 2. The highest BCUT2D eigenvalue weighted by molar-refractivity contribution is 6.34. The SMILES string of the molecule is C/C=C1/C(=O)C(NOC2CC2C)=CN(c2ccc3c(c2)CCC3)/C1=N/C(Nc1cccc(C(O)(CCC)CCC(C)CC)c1)=C(\C)CC. The maximum absolute atomic E-state index is 13.9. The van der Waals surface area contributed by atoms with Crippen molar-refractivity contribution in [3.05, 3.63) is 94.1 Å². The molecule has 1 saturated carbocycles. The monoisotopic (exact) mass is 652 g/mol. The molecule has 4 atom stereocenters. The van der Waals surface area contributed by atoms with Crippen LogP contribution < -0.4 is 15.7 Å². The second-order valence-electron chi connectivity index (χ2n) is 14.2. The smallest absolute Gasteiger partial charge is 0.216 e. The molecule has 2 aromatic carbocycles. The number of allylic oxidation sites excluding steroid dienone is 3. The number of ketones is 1. The fourth-order valence-corrected chi connectivity index (χ4v) is 6.61. The van der Waals surface area contributed by atoms with Crippen LogP contribution in [0.5, 0.6) is 0 Å². The summed E-state index contributed by atoms with van der Waals surface area (Å²) in [5.74, 6) is 2.15. The van der Waals surface area contributed by atoms with E-state index in [1.54, 1.807) is 0 Å². The molecule has 0 amide bonds. The van der Waals surface area contributed by atoms with Crippen molar-refractivity contribution < 1.29 is 14.7 Å². The van der Waals surface area contributed by atoms with Crippen molar-refractivity contribution in [3.8, 4) is 0 Å². The summed E-state index contributed by atoms with van der Waals surface area (Å²) in [6, 6.07) is 14.7. The fraction of sp³-hybridized carbons (Fsp3) is 0.512. The zero-order chi connectivity index (χ0) is 34.4. The van der Waals surface area contributed by atoms with E-state index in [-0.39, 0.29) is 11.9 Å². The van der Waals surface area contributed by atoms with Gasteiger partial charge in [0.2, 0.25) is 5.78 Å². The lowest BCUT2D eigenvalue weighted by Crippen LogP contribution is -2.40. The largest absolute Gasteiger partial charge is 0.385 e. The Labute approximate surface area is 288 Å². The van der Waals surface area contributed by atoms with E-state index in [1.165, 1.54) is 11.1 Å². The molecule has 7 nitrogen and oxygen atoms in total. The summed E-state index contributed by atoms with van der Waals surface area (Å²) >= 11 is 0. The van der Waals surface area contributed by atoms with E-state index in [9.17, 15) is 9.90 Å². The van der Waals surface area contributed by atoms with Crippen LogP contribution in [0.15, 0.2) is 82.4 Å². The maximum Gasteiger partial charge on any atom is 0.216 e. The highest BCUT2D eigenvalue weighted by Gasteiger charge is 2.37. The third kappa shape index (κ3) is 8.12. The van der Waals surface area contributed by atoms with Crippen LogP contribution in [0.3, 0.4) is 0 Å². The Hall–Kier alpha value is -3.68. The van der Waals surface area contributed by atoms with Crippen LogP contribution in [-0.2, 0) is 28.1 Å². The van der Waals surface area contributed by atoms with Gasteiger partial charge in [-0.1, -0.05) is 71.7 Å². The molecule has 3 N–H and O–H groups in total. The summed E-state index contributed by atoms with van der Waals surface area (Å²) in [4.78, 5) is 27.1. The molecule has 258 valence electrons. The van der Waals surface area contributed by atoms with Gasteiger partial charge in [-0.25, -0.2) is 4.99 Å². The molecule has 2 aliphatic carbocycles. The molecule has 7 heteroatoms. The Bertz CT molecular complexity index is 1600. The van der Waals surface area contributed by atoms with Crippen molar-refractivity contribution in [2.75, 3.05) is 10.2 Å². The Morgan fingerprint density at radius 2 is 1.92 bits per heavy atom. The number of carbonyl (C=O) groups excluding carboxylic acids is 1. The first-order valence-electron chi connectivity index (χ1n) is 18.2. The molecule has 0 aromatic heterocycles. The number of hydrogen-bond acceptors (Lipinski definition) is 6. The number of hydroxylamine groups is 1. The lowest BCUT2D eigenvalue weighted by atomic mass is 9.82. The van der Waals surface area contributed by atoms with E-state index >= 15 is 0 Å². The fourth-order valence-electron chi connectivity index (χ4n) is 6.61. The number of aliphatic hydroxyl groups is 1. The minimum atomic E-state index is -0.891. The topological polar surface area (TPSA) is 86.2 Å². The van der Waals surface area contributed by atoms with Crippen LogP contribution in [0.2, 0.25) is 0 Å². The van der Waals surface area contributed by atoms with Gasteiger partial charge >= 0.3 is 0 Å². The minimum Gasteiger partial charge on any atom is -0.385 e. The van der Waals surface area contributed by atoms with Gasteiger partial charge in [0.15, 0.2) is 5.84 Å². The van der Waals surface area contributed by atoms with Gasteiger partial charge in [-0.15, -0.1) is 0 Å². The van der Waals surface area contributed by atoms with Crippen LogP contribution in [0, 0.1) is 11.8 Å². The summed E-state index contributed by atoms with van der Waals surface area (Å²) in [7, 11) is 0. The van der Waals surface area contributed by atoms with Gasteiger partial charge < -0.3 is 10.4 Å². The van der Waals surface area contributed by atoms with Crippen LogP contribution in [0.25, 0.3) is 0 Å². The molecule has 1 aliphatic heterocycles. The average Bonchev–Trinajstić information content (AvgIpc) is 3.60. The second kappa shape index (κ2) is 15.7. The van der Waals surface area contributed by atoms with Crippen LogP contribution >= 0.6 is 0 Å². The normalized spacial score (nSPS) is 23.0. The summed E-state index contributed by atoms with van der Waals surface area (Å²) in [6.45, 7) is 14.8. The van der Waals surface area contributed by atoms with Gasteiger partial charge in [0.1, 0.15) is 11.5 Å². The first kappa shape index (κ1) is 35.6. The van der Waals surface area contributed by atoms with Gasteiger partial charge in [0.05, 0.1) is 17.3 Å². The number of aliphatic imine (C=N–C) groups is 1. The van der Waals surface area contributed by atoms with Crippen molar-refractivity contribution in [2.24, 2.45) is 16.8 Å². The maximum atomic E-state index is 13.9. The molecule has 0 saturated heterocycles. The number of nitrogens with zero attached hydrogens (tertiary/aromatic N) is 2. The van der Waals surface area contributed by atoms with E-state index in [2.05, 4.69) is 76.6 Å². The molecule has 0 bridgehead atoms. The number of amidine groups is 1. The molecular formula is C41H56N4O3. The van der Waals surface area contributed by atoms with Gasteiger partial charge in [0.25, 0.3) is 0 Å². The molecule has 48 heavy (non-hydrogen) atoms. The highest BCUT2D eigenvalue weighted by atomic mass is 16.7. The first-order chi connectivity index (χ1) is 23.1. The standard InChI is InChI=1S/C41H56N4O3/c1-8-21-41(47,22-20-27(5)9-2)32-16-13-17-33(25-32)42-39(28(6)10-3)43-40-35(11-4)38(46)36(44-48-37-23-29(37)7)26-45(40)34-19-18-30-14-12-15-31(30)24-34/h11,13,16-19,24-27,29,37,42,44,47H,8-10,12,14-15,20-23H2,1-7H3/b35-11-,39-28+,43-40+. The van der Waals surface area contributed by atoms with E-state index < -0.39 is 5.60 Å². The zero-order valence-corrected chi connectivity index (χ0v) is 30.2. The Kier molecular flexibility index (Phi) is 11.6. The number of benzene rings is 2. The number of nitrogens with one attached hydrogen (secondary N) is 2. The second-order valence-corrected chi connectivity index (χ2v) is 14.2. The molecule has 1 fully saturated rings. The molecule has 0 spiro atoms. The number of hydrogen-bond donors (Lipinski definition) is 3. The number of rotatable bonds is 15. The summed E-state index contributed by atoms with van der Waals surface area (Å²) in [6.07, 6.45) is 13.3. The average molecular weight is 653 g/mol. The lowest BCUT2D eigenvalue weighted by molar-refractivity contribution is -0.114. The van der Waals surface area contributed by atoms with Crippen molar-refractivity contribution >= 4 is 23.0 Å². The third-order valence-corrected chi connectivity index (χ3v) is 10.4. The predicted octanol–water partition coefficient (Wildman–Crippen LogP) is 9.25. The molecule has 3 aliphatic rings. The first-order valence-corrected chi connectivity index (χ1v) is 18.2. The van der Waals surface area contributed by atoms with Gasteiger partial charge in [-0.3, -0.25) is 20.0 Å². The number of carbonyl (C=O) groups is 1. The van der Waals surface area contributed by atoms with E-state index in [1.807, 2.05) is 42.3 Å². The predicted molar refractivity (Wildman–Crippen MR) is 198 cm³/mol. The summed E-state index contributed by atoms with van der Waals surface area (Å²) in [5, 5.41) is 15.5. The van der Waals surface area contributed by atoms with E-state index in [4.69, 9.17) is 9.83 Å². The number of anilines is 2. The van der Waals surface area contributed by atoms with Crippen molar-refractivity contribution in [3.63, 3.8) is 0 Å². The van der Waals surface area contributed by atoms with Crippen LogP contribution in [0.1, 0.15) is 117 Å². The van der Waals surface area contributed by atoms with E-state index in [0.717, 1.165) is 80.3 Å². The van der Waals surface area contributed by atoms with Crippen molar-refractivity contribution in [1.82, 2.24) is 5.48 Å². The van der Waals surface area contributed by atoms with Crippen LogP contribution in [0.4, 0.5) is 11.4 Å². The highest BCUT2D eigenvalue weighted by Crippen LogP contribution is 2.36. The zero-order valence-electron chi connectivity index (χ0n) is 30.2. The molecular weight excluding hydrogens is 596 g/mol. The molecule has 0 radical (unpaired) electrons. The quantitative estimate of drug-likeness (QED) is 0.131. The summed E-state index contributed by atoms with van der Waals surface area (Å²) < 4.78 is 0. The molecule has 1 heterocycles. The Balaban J connectivity index is 1.53. The number of fused-ring (bicyclic) bond motifs is 1. The molecule has 2 aromatic rings. The Morgan fingerprint density at radius 1 is 1.15 bits per heavy atom. The van der Waals surface area contributed by atoms with Gasteiger partial charge in [-0.05, 0) is 124 Å². The van der Waals surface area contributed by atoms with E-state index in [0.29, 0.717) is 41.2 Å². The Morgan fingerprint density at radius 3 is 2.60 bits per heavy atom. The summed E-state index contributed by atoms with van der Waals surface area (Å²) in [5.41, 5.74) is 9.55. The lowest BCUT2D eigenvalue weighted by Gasteiger charge is -2.31. The molecule has 4 unspecified atom stereocenters. The van der Waals surface area contributed by atoms with Crippen molar-refractivity contribution in [2.45, 2.75) is 124 Å². The van der Waals surface area contributed by atoms with Gasteiger partial charge in [0, 0.05) is 17.6 Å². The van der Waals surface area contributed by atoms with Crippen LogP contribution in [-0.4, -0.2) is 22.8 Å². The number of Topliss-reactive ketones (excluding diaryl/α,β-unsaturated/α-hetero) is 1. The third-order valence-electron chi connectivity index (χ3n) is 10.4.